The molecule has 0 saturated heterocycles. The van der Waals surface area contributed by atoms with Gasteiger partial charge in [-0.25, -0.2) is 0 Å². The molecule has 1 aromatic heterocycles. The largest absolute Gasteiger partial charge is 0.177 e. The smallest absolute Gasteiger partial charge is 0.161 e. The molecular weight excluding hydrogens is 140 g/mol. The highest BCUT2D eigenvalue weighted by atomic mass is 15.6. The minimum atomic E-state index is 0.391. The van der Waals surface area contributed by atoms with Gasteiger partial charge in [0.1, 0.15) is 0 Å². The van der Waals surface area contributed by atoms with Gasteiger partial charge in [0.2, 0.25) is 0 Å². The number of hydrogen-bond donors (Lipinski definition) is 0. The second-order valence-corrected chi connectivity index (χ2v) is 3.35. The topological polar surface area (TPSA) is 43.6 Å². The molecule has 0 radical (unpaired) electrons. The molecule has 0 N–H and O–H groups in total. The molecule has 1 heterocycles. The maximum atomic E-state index is 4.27. The molecule has 0 bridgehead atoms. The van der Waals surface area contributed by atoms with Gasteiger partial charge in [-0.1, -0.05) is 13.8 Å². The van der Waals surface area contributed by atoms with Crippen LogP contribution in [0.4, 0.5) is 0 Å². The van der Waals surface area contributed by atoms with Crippen LogP contribution in [-0.4, -0.2) is 20.2 Å². The summed E-state index contributed by atoms with van der Waals surface area (Å²) in [5.74, 6) is 1.25. The molecule has 1 aliphatic rings. The van der Waals surface area contributed by atoms with E-state index in [0.717, 1.165) is 5.82 Å². The quantitative estimate of drug-likeness (QED) is 0.638. The standard InChI is InChI=1S/C7H12N4/c1-5(2)7-8-10-11(9-7)6-3-4-6/h5-6H,3-4H2,1-2H3. The molecule has 1 fully saturated rings. The van der Waals surface area contributed by atoms with Gasteiger partial charge in [-0.05, 0) is 18.1 Å². The Hall–Kier alpha value is -0.930. The maximum absolute atomic E-state index is 4.27. The Kier molecular flexibility index (Phi) is 1.41. The summed E-state index contributed by atoms with van der Waals surface area (Å²) in [6.45, 7) is 4.16. The van der Waals surface area contributed by atoms with E-state index in [0.29, 0.717) is 12.0 Å². The average Bonchev–Trinajstić information content (AvgIpc) is 2.68. The molecule has 0 aliphatic heterocycles. The highest BCUT2D eigenvalue weighted by Crippen LogP contribution is 2.32. The first-order chi connectivity index (χ1) is 5.27. The lowest BCUT2D eigenvalue weighted by atomic mass is 10.2. The Morgan fingerprint density at radius 1 is 1.45 bits per heavy atom. The van der Waals surface area contributed by atoms with Crippen LogP contribution >= 0.6 is 0 Å². The summed E-state index contributed by atoms with van der Waals surface area (Å²) in [4.78, 5) is 1.75. The van der Waals surface area contributed by atoms with E-state index in [1.54, 1.807) is 4.80 Å². The summed E-state index contributed by atoms with van der Waals surface area (Å²) in [7, 11) is 0. The van der Waals surface area contributed by atoms with Crippen LogP contribution < -0.4 is 0 Å². The minimum absolute atomic E-state index is 0.391. The van der Waals surface area contributed by atoms with Crippen molar-refractivity contribution >= 4 is 0 Å². The molecule has 1 aromatic rings. The lowest BCUT2D eigenvalue weighted by molar-refractivity contribution is 0.533. The fourth-order valence-electron chi connectivity index (χ4n) is 0.928. The van der Waals surface area contributed by atoms with E-state index in [4.69, 9.17) is 0 Å². The Morgan fingerprint density at radius 2 is 2.18 bits per heavy atom. The Labute approximate surface area is 65.6 Å². The number of rotatable bonds is 2. The van der Waals surface area contributed by atoms with Gasteiger partial charge in [0.25, 0.3) is 0 Å². The second-order valence-electron chi connectivity index (χ2n) is 3.35. The predicted molar refractivity (Wildman–Crippen MR) is 40.2 cm³/mol. The molecule has 4 heteroatoms. The summed E-state index contributed by atoms with van der Waals surface area (Å²) in [6, 6.07) is 0.551. The number of nitrogens with zero attached hydrogens (tertiary/aromatic N) is 4. The zero-order chi connectivity index (χ0) is 7.84. The summed E-state index contributed by atoms with van der Waals surface area (Å²) in [5, 5.41) is 12.2. The van der Waals surface area contributed by atoms with Gasteiger partial charge in [-0.2, -0.15) is 4.80 Å². The molecule has 0 unspecified atom stereocenters. The molecule has 1 saturated carbocycles. The fraction of sp³-hybridized carbons (Fsp3) is 0.857. The normalized spacial score (nSPS) is 17.7. The van der Waals surface area contributed by atoms with Crippen molar-refractivity contribution in [2.24, 2.45) is 0 Å². The van der Waals surface area contributed by atoms with Crippen molar-refractivity contribution in [1.29, 1.82) is 0 Å². The summed E-state index contributed by atoms with van der Waals surface area (Å²) < 4.78 is 0. The van der Waals surface area contributed by atoms with Crippen molar-refractivity contribution in [3.05, 3.63) is 5.82 Å². The van der Waals surface area contributed by atoms with Crippen LogP contribution in [0.3, 0.4) is 0 Å². The van der Waals surface area contributed by atoms with Crippen LogP contribution in [0.25, 0.3) is 0 Å². The first kappa shape index (κ1) is 6.76. The molecule has 0 spiro atoms. The Balaban J connectivity index is 2.18. The van der Waals surface area contributed by atoms with Crippen molar-refractivity contribution in [3.8, 4) is 0 Å². The molecule has 11 heavy (non-hydrogen) atoms. The molecule has 4 nitrogen and oxygen atoms in total. The molecule has 0 atom stereocenters. The van der Waals surface area contributed by atoms with Crippen LogP contribution in [0.2, 0.25) is 0 Å². The molecule has 0 amide bonds. The summed E-state index contributed by atoms with van der Waals surface area (Å²) in [5.41, 5.74) is 0. The number of tetrazole rings is 1. The molecule has 0 aromatic carbocycles. The van der Waals surface area contributed by atoms with Crippen LogP contribution in [0.15, 0.2) is 0 Å². The first-order valence-electron chi connectivity index (χ1n) is 4.07. The maximum Gasteiger partial charge on any atom is 0.177 e. The van der Waals surface area contributed by atoms with E-state index in [2.05, 4.69) is 29.3 Å². The van der Waals surface area contributed by atoms with E-state index in [-0.39, 0.29) is 0 Å². The van der Waals surface area contributed by atoms with Crippen molar-refractivity contribution < 1.29 is 0 Å². The summed E-state index contributed by atoms with van der Waals surface area (Å²) >= 11 is 0. The van der Waals surface area contributed by atoms with Gasteiger partial charge in [0.15, 0.2) is 5.82 Å². The molecule has 2 rings (SSSR count). The number of aromatic nitrogens is 4. The lowest BCUT2D eigenvalue weighted by Crippen LogP contribution is -1.99. The third-order valence-corrected chi connectivity index (χ3v) is 1.83. The van der Waals surface area contributed by atoms with Crippen LogP contribution in [0, 0.1) is 0 Å². The van der Waals surface area contributed by atoms with Gasteiger partial charge >= 0.3 is 0 Å². The zero-order valence-electron chi connectivity index (χ0n) is 6.86. The van der Waals surface area contributed by atoms with E-state index in [1.807, 2.05) is 0 Å². The highest BCUT2D eigenvalue weighted by Gasteiger charge is 2.26. The number of hydrogen-bond acceptors (Lipinski definition) is 3. The minimum Gasteiger partial charge on any atom is -0.161 e. The van der Waals surface area contributed by atoms with Crippen LogP contribution in [0.5, 0.6) is 0 Å². The van der Waals surface area contributed by atoms with Gasteiger partial charge in [0.05, 0.1) is 6.04 Å². The SMILES string of the molecule is CC(C)c1nnn(C2CC2)n1. The fourth-order valence-corrected chi connectivity index (χ4v) is 0.928. The molecule has 1 aliphatic carbocycles. The van der Waals surface area contributed by atoms with Crippen molar-refractivity contribution in [2.45, 2.75) is 38.6 Å². The van der Waals surface area contributed by atoms with Crippen molar-refractivity contribution in [2.75, 3.05) is 0 Å². The zero-order valence-corrected chi connectivity index (χ0v) is 6.86. The Morgan fingerprint density at radius 3 is 2.64 bits per heavy atom. The highest BCUT2D eigenvalue weighted by molar-refractivity contribution is 4.87. The third kappa shape index (κ3) is 1.25. The van der Waals surface area contributed by atoms with E-state index in [9.17, 15) is 0 Å². The first-order valence-corrected chi connectivity index (χ1v) is 4.07. The lowest BCUT2D eigenvalue weighted by Gasteiger charge is -1.93. The van der Waals surface area contributed by atoms with Gasteiger partial charge in [-0.3, -0.25) is 0 Å². The molecule has 60 valence electrons. The van der Waals surface area contributed by atoms with E-state index >= 15 is 0 Å². The van der Waals surface area contributed by atoms with E-state index in [1.165, 1.54) is 12.8 Å². The average molecular weight is 152 g/mol. The monoisotopic (exact) mass is 152 g/mol. The van der Waals surface area contributed by atoms with Crippen LogP contribution in [-0.2, 0) is 0 Å². The second kappa shape index (κ2) is 2.29. The van der Waals surface area contributed by atoms with E-state index < -0.39 is 0 Å². The van der Waals surface area contributed by atoms with Gasteiger partial charge in [-0.15, -0.1) is 10.2 Å². The Bertz CT molecular complexity index is 232. The third-order valence-electron chi connectivity index (χ3n) is 1.83. The van der Waals surface area contributed by atoms with Crippen molar-refractivity contribution in [3.63, 3.8) is 0 Å². The predicted octanol–water partition coefficient (Wildman–Crippen LogP) is 1.13. The van der Waals surface area contributed by atoms with Crippen LogP contribution in [0.1, 0.15) is 44.5 Å². The van der Waals surface area contributed by atoms with Gasteiger partial charge in [0, 0.05) is 5.92 Å². The molecular formula is C7H12N4. The van der Waals surface area contributed by atoms with Gasteiger partial charge < -0.3 is 0 Å². The van der Waals surface area contributed by atoms with Crippen molar-refractivity contribution in [1.82, 2.24) is 20.2 Å². The summed E-state index contributed by atoms with van der Waals surface area (Å²) in [6.07, 6.45) is 2.43.